The van der Waals surface area contributed by atoms with E-state index in [0.29, 0.717) is 0 Å². The Hall–Kier alpha value is -5.01. The van der Waals surface area contributed by atoms with Crippen molar-refractivity contribution in [3.63, 3.8) is 0 Å². The van der Waals surface area contributed by atoms with Crippen LogP contribution in [-0.4, -0.2) is 124 Å². The second-order valence-electron chi connectivity index (χ2n) is 7.24. The van der Waals surface area contributed by atoms with Crippen LogP contribution >= 0.6 is 0 Å². The predicted molar refractivity (Wildman–Crippen MR) is 154 cm³/mol. The molecule has 0 aromatic rings. The highest BCUT2D eigenvalue weighted by molar-refractivity contribution is 5.77. The fourth-order valence-electron chi connectivity index (χ4n) is 1.19. The van der Waals surface area contributed by atoms with Gasteiger partial charge in [-0.1, -0.05) is 20.8 Å². The van der Waals surface area contributed by atoms with Crippen LogP contribution in [0.2, 0.25) is 0 Å². The van der Waals surface area contributed by atoms with Gasteiger partial charge in [0.2, 0.25) is 0 Å². The molecule has 0 saturated carbocycles. The van der Waals surface area contributed by atoms with Crippen molar-refractivity contribution in [3.05, 3.63) is 0 Å². The van der Waals surface area contributed by atoms with E-state index in [2.05, 4.69) is 29.3 Å². The molecule has 0 aliphatic rings. The largest absolute Gasteiger partial charge is 0.481 e. The molecule has 0 atom stereocenters. The van der Waals surface area contributed by atoms with Crippen LogP contribution < -0.4 is 17.2 Å². The number of rotatable bonds is 18. The number of carbonyl (C=O) groups excluding carboxylic acids is 3. The fraction of sp³-hybridized carbons (Fsp3) is 0.625. The second kappa shape index (κ2) is 44.1. The van der Waals surface area contributed by atoms with Gasteiger partial charge in [0.1, 0.15) is 0 Å². The Morgan fingerprint density at radius 3 is 0.667 bits per heavy atom. The Morgan fingerprint density at radius 2 is 0.542 bits per heavy atom. The molecule has 12 N–H and O–H groups in total. The molecule has 0 aromatic heterocycles. The van der Waals surface area contributed by atoms with E-state index in [1.807, 2.05) is 20.8 Å². The van der Waals surface area contributed by atoms with Gasteiger partial charge in [-0.2, -0.15) is 14.7 Å². The van der Waals surface area contributed by atoms with E-state index >= 15 is 0 Å². The van der Waals surface area contributed by atoms with E-state index in [0.717, 1.165) is 19.6 Å². The van der Waals surface area contributed by atoms with Gasteiger partial charge >= 0.3 is 53.7 Å². The lowest BCUT2D eigenvalue weighted by molar-refractivity contribution is -0.271. The van der Waals surface area contributed by atoms with E-state index in [4.69, 9.17) is 47.8 Å². The minimum absolute atomic E-state index is 0.352. The molecule has 0 saturated heterocycles. The third kappa shape index (κ3) is 83.7. The Kier molecular flexibility index (Phi) is 50.9. The summed E-state index contributed by atoms with van der Waals surface area (Å²) in [6.45, 7) is 5.66. The molecule has 0 aliphatic carbocycles. The van der Waals surface area contributed by atoms with Crippen LogP contribution in [0.5, 0.6) is 0 Å². The monoisotopic (exact) mass is 711 g/mol. The highest BCUT2D eigenvalue weighted by Gasteiger charge is 2.10. The van der Waals surface area contributed by atoms with E-state index in [1.54, 1.807) is 0 Å². The molecule has 0 amide bonds. The number of hydrogen-bond acceptors (Lipinski definition) is 18. The zero-order chi connectivity index (χ0) is 38.9. The predicted octanol–water partition coefficient (Wildman–Crippen LogP) is -1.87. The van der Waals surface area contributed by atoms with Crippen molar-refractivity contribution in [1.29, 1.82) is 0 Å². The maximum absolute atomic E-state index is 10.5. The van der Waals surface area contributed by atoms with Crippen molar-refractivity contribution in [3.8, 4) is 0 Å². The van der Waals surface area contributed by atoms with Gasteiger partial charge in [0.25, 0.3) is 0 Å². The summed E-state index contributed by atoms with van der Waals surface area (Å²) in [4.78, 5) is 115. The fourth-order valence-corrected chi connectivity index (χ4v) is 1.19. The maximum Gasteiger partial charge on any atom is 0.342 e. The van der Waals surface area contributed by atoms with Crippen LogP contribution in [0.3, 0.4) is 0 Å². The number of carbonyl (C=O) groups is 9. The zero-order valence-corrected chi connectivity index (χ0v) is 26.5. The van der Waals surface area contributed by atoms with Gasteiger partial charge in [0.05, 0.1) is 38.5 Å². The Balaban J connectivity index is -0.000000122. The summed E-state index contributed by atoms with van der Waals surface area (Å²) in [6.07, 6.45) is -2.20. The normalized spacial score (nSPS) is 8.62. The van der Waals surface area contributed by atoms with E-state index < -0.39 is 73.5 Å². The molecule has 24 nitrogen and oxygen atoms in total. The van der Waals surface area contributed by atoms with Gasteiger partial charge in [-0.3, -0.25) is 29.0 Å². The summed E-state index contributed by atoms with van der Waals surface area (Å²) in [7, 11) is 0. The Morgan fingerprint density at radius 1 is 0.375 bits per heavy atom. The summed E-state index contributed by atoms with van der Waals surface area (Å²) >= 11 is 0. The number of hydrogen-bond donors (Lipinski definition) is 9. The molecule has 24 heteroatoms. The number of carboxylic acids is 6. The average Bonchev–Trinajstić information content (AvgIpc) is 2.95. The highest BCUT2D eigenvalue weighted by atomic mass is 17.2. The van der Waals surface area contributed by atoms with Crippen LogP contribution in [0.15, 0.2) is 0 Å². The van der Waals surface area contributed by atoms with Gasteiger partial charge in [-0.05, 0) is 19.6 Å². The molecule has 0 spiro atoms. The van der Waals surface area contributed by atoms with Gasteiger partial charge in [0, 0.05) is 0 Å². The van der Waals surface area contributed by atoms with Crippen LogP contribution in [-0.2, 0) is 72.5 Å². The minimum atomic E-state index is -1.29. The molecule has 48 heavy (non-hydrogen) atoms. The molecule has 0 unspecified atom stereocenters. The lowest BCUT2D eigenvalue weighted by atomic mass is 10.3. The van der Waals surface area contributed by atoms with Crippen molar-refractivity contribution in [2.75, 3.05) is 39.5 Å². The minimum Gasteiger partial charge on any atom is -0.481 e. The molecule has 0 aromatic carbocycles. The summed E-state index contributed by atoms with van der Waals surface area (Å²) in [5, 5.41) is 48.5. The SMILES string of the molecule is CCN.CCN.CCN.O=C(O)CCC(=O)OOCC(=O)O.O=C(O)CCC(=O)OOCC(=O)O.O=C(O)CCC(=O)OOCC(=O)O. The topological polar surface area (TPSA) is 408 Å². The van der Waals surface area contributed by atoms with E-state index in [9.17, 15) is 43.2 Å². The Bertz CT molecular complexity index is 799. The van der Waals surface area contributed by atoms with Gasteiger partial charge in [-0.15, -0.1) is 0 Å². The maximum atomic E-state index is 10.5. The molecular weight excluding hydrogens is 666 g/mol. The summed E-state index contributed by atoms with van der Waals surface area (Å²) in [6, 6.07) is 0. The molecule has 0 fully saturated rings. The first-order valence-electron chi connectivity index (χ1n) is 13.2. The average molecular weight is 712 g/mol. The lowest BCUT2D eigenvalue weighted by Crippen LogP contribution is -2.12. The van der Waals surface area contributed by atoms with Crippen molar-refractivity contribution < 1.29 is 103 Å². The standard InChI is InChI=1S/3C6H8O7.3C2H7N/c3*7-4(8)1-2-6(11)13-12-3-5(9)10;3*1-2-3/h3*1-3H2,(H,7,8)(H,9,10);3*2-3H2,1H3. The number of carboxylic acid groups (broad SMARTS) is 6. The number of aliphatic carboxylic acids is 6. The van der Waals surface area contributed by atoms with Crippen LogP contribution in [0.4, 0.5) is 0 Å². The molecule has 0 bridgehead atoms. The van der Waals surface area contributed by atoms with Gasteiger partial charge in [-0.25, -0.2) is 28.8 Å². The van der Waals surface area contributed by atoms with Crippen molar-refractivity contribution in [2.24, 2.45) is 17.2 Å². The first-order valence-corrected chi connectivity index (χ1v) is 13.2. The first-order chi connectivity index (χ1) is 22.3. The molecule has 0 radical (unpaired) electrons. The molecule has 0 aliphatic heterocycles. The van der Waals surface area contributed by atoms with Crippen molar-refractivity contribution >= 4 is 53.7 Å². The summed E-state index contributed by atoms with van der Waals surface area (Å²) < 4.78 is 0. The zero-order valence-electron chi connectivity index (χ0n) is 26.5. The molecule has 282 valence electrons. The smallest absolute Gasteiger partial charge is 0.342 e. The van der Waals surface area contributed by atoms with Crippen molar-refractivity contribution in [2.45, 2.75) is 59.3 Å². The molecular formula is C24H45N3O21. The van der Waals surface area contributed by atoms with E-state index in [1.165, 1.54) is 0 Å². The first kappa shape index (κ1) is 55.4. The quantitative estimate of drug-likeness (QED) is 0.0555. The summed E-state index contributed by atoms with van der Waals surface area (Å²) in [5.74, 6) is -10.0. The second-order valence-corrected chi connectivity index (χ2v) is 7.24. The van der Waals surface area contributed by atoms with Gasteiger partial charge in [0.15, 0.2) is 19.8 Å². The lowest BCUT2D eigenvalue weighted by Gasteiger charge is -1.99. The van der Waals surface area contributed by atoms with Crippen LogP contribution in [0, 0.1) is 0 Å². The van der Waals surface area contributed by atoms with Crippen LogP contribution in [0.1, 0.15) is 59.3 Å². The molecule has 0 heterocycles. The highest BCUT2D eigenvalue weighted by Crippen LogP contribution is 1.95. The third-order valence-electron chi connectivity index (χ3n) is 2.63. The van der Waals surface area contributed by atoms with Crippen LogP contribution in [0.25, 0.3) is 0 Å². The molecule has 0 rings (SSSR count). The third-order valence-corrected chi connectivity index (χ3v) is 2.63. The Labute approximate surface area is 273 Å². The van der Waals surface area contributed by atoms with Crippen molar-refractivity contribution in [1.82, 2.24) is 0 Å². The summed E-state index contributed by atoms with van der Waals surface area (Å²) in [5.41, 5.74) is 14.5. The van der Waals surface area contributed by atoms with Gasteiger partial charge < -0.3 is 47.8 Å². The van der Waals surface area contributed by atoms with E-state index in [-0.39, 0.29) is 38.5 Å². The number of nitrogens with two attached hydrogens (primary N) is 3.